The number of hydrogen-bond donors (Lipinski definition) is 0. The molecule has 0 aliphatic carbocycles. The molecule has 1 aliphatic heterocycles. The standard InChI is InChI=1S/C26H21ClN2O3S/c1-2-15-32-23-14-13-18(17-22(23)27)16-21-24(30)28(19-9-5-3-6-10-19)26(33)29(25(21)31)20-11-7-4-8-12-20/h3-14,16-17H,2,15H2,1H3. The number of nitrogens with zero attached hydrogens (tertiary/aromatic N) is 2. The molecule has 0 spiro atoms. The van der Waals surface area contributed by atoms with Crippen LogP contribution in [0.15, 0.2) is 84.4 Å². The van der Waals surface area contributed by atoms with Gasteiger partial charge in [-0.05, 0) is 66.7 Å². The Morgan fingerprint density at radius 1 is 0.879 bits per heavy atom. The van der Waals surface area contributed by atoms with Gasteiger partial charge in [0.2, 0.25) is 0 Å². The summed E-state index contributed by atoms with van der Waals surface area (Å²) in [5.41, 5.74) is 1.74. The number of hydrogen-bond acceptors (Lipinski definition) is 4. The number of thiocarbonyl (C=S) groups is 1. The Balaban J connectivity index is 1.79. The summed E-state index contributed by atoms with van der Waals surface area (Å²) in [6.07, 6.45) is 2.39. The Hall–Kier alpha value is -3.48. The highest BCUT2D eigenvalue weighted by Gasteiger charge is 2.41. The lowest BCUT2D eigenvalue weighted by Gasteiger charge is -2.36. The number of para-hydroxylation sites is 2. The third kappa shape index (κ3) is 4.67. The van der Waals surface area contributed by atoms with Crippen molar-refractivity contribution in [2.75, 3.05) is 16.4 Å². The molecule has 166 valence electrons. The molecule has 1 aliphatic rings. The monoisotopic (exact) mass is 476 g/mol. The number of ether oxygens (including phenoxy) is 1. The third-order valence-electron chi connectivity index (χ3n) is 5.01. The minimum atomic E-state index is -0.495. The van der Waals surface area contributed by atoms with Crippen molar-refractivity contribution in [1.82, 2.24) is 0 Å². The summed E-state index contributed by atoms with van der Waals surface area (Å²) < 4.78 is 5.62. The van der Waals surface area contributed by atoms with Gasteiger partial charge in [0.25, 0.3) is 11.8 Å². The van der Waals surface area contributed by atoms with E-state index in [0.29, 0.717) is 34.3 Å². The Labute approximate surface area is 202 Å². The van der Waals surface area contributed by atoms with Crippen LogP contribution in [0.25, 0.3) is 6.08 Å². The number of halogens is 1. The van der Waals surface area contributed by atoms with Gasteiger partial charge in [0.05, 0.1) is 23.0 Å². The second kappa shape index (κ2) is 9.98. The summed E-state index contributed by atoms with van der Waals surface area (Å²) in [6.45, 7) is 2.56. The van der Waals surface area contributed by atoms with E-state index in [9.17, 15) is 9.59 Å². The molecule has 2 amide bonds. The van der Waals surface area contributed by atoms with Crippen molar-refractivity contribution in [3.05, 3.63) is 95.0 Å². The van der Waals surface area contributed by atoms with Crippen LogP contribution < -0.4 is 14.5 Å². The van der Waals surface area contributed by atoms with Crippen LogP contribution in [-0.4, -0.2) is 23.5 Å². The SMILES string of the molecule is CCCOc1ccc(C=C2C(=O)N(c3ccccc3)C(=S)N(c3ccccc3)C2=O)cc1Cl. The number of carbonyl (C=O) groups is 2. The van der Waals surface area contributed by atoms with Gasteiger partial charge in [-0.2, -0.15) is 0 Å². The van der Waals surface area contributed by atoms with Crippen LogP contribution in [0.2, 0.25) is 5.02 Å². The largest absolute Gasteiger partial charge is 0.492 e. The fraction of sp³-hybridized carbons (Fsp3) is 0.115. The fourth-order valence-electron chi connectivity index (χ4n) is 3.44. The maximum Gasteiger partial charge on any atom is 0.270 e. The van der Waals surface area contributed by atoms with E-state index in [2.05, 4.69) is 0 Å². The summed E-state index contributed by atoms with van der Waals surface area (Å²) in [5, 5.41) is 0.504. The maximum atomic E-state index is 13.5. The molecule has 0 atom stereocenters. The summed E-state index contributed by atoms with van der Waals surface area (Å²) in [5.74, 6) is -0.434. The quantitative estimate of drug-likeness (QED) is 0.253. The minimum Gasteiger partial charge on any atom is -0.492 e. The summed E-state index contributed by atoms with van der Waals surface area (Å²) in [4.78, 5) is 29.7. The van der Waals surface area contributed by atoms with E-state index in [4.69, 9.17) is 28.6 Å². The van der Waals surface area contributed by atoms with Crippen molar-refractivity contribution in [3.8, 4) is 5.75 Å². The summed E-state index contributed by atoms with van der Waals surface area (Å²) in [6, 6.07) is 23.2. The molecule has 0 bridgehead atoms. The Bertz CT molecular complexity index is 1170. The maximum absolute atomic E-state index is 13.5. The second-order valence-corrected chi connectivity index (χ2v) is 8.10. The zero-order valence-electron chi connectivity index (χ0n) is 17.9. The zero-order valence-corrected chi connectivity index (χ0v) is 19.5. The lowest BCUT2D eigenvalue weighted by molar-refractivity contribution is -0.120. The molecule has 0 radical (unpaired) electrons. The summed E-state index contributed by atoms with van der Waals surface area (Å²) in [7, 11) is 0. The smallest absolute Gasteiger partial charge is 0.270 e. The first-order chi connectivity index (χ1) is 16.0. The minimum absolute atomic E-state index is 0.0189. The van der Waals surface area contributed by atoms with Crippen molar-refractivity contribution >= 4 is 58.2 Å². The topological polar surface area (TPSA) is 49.9 Å². The molecule has 0 N–H and O–H groups in total. The molecule has 1 fully saturated rings. The molecule has 1 heterocycles. The van der Waals surface area contributed by atoms with Crippen molar-refractivity contribution in [3.63, 3.8) is 0 Å². The van der Waals surface area contributed by atoms with Gasteiger partial charge >= 0.3 is 0 Å². The molecular formula is C26H21ClN2O3S. The average molecular weight is 477 g/mol. The van der Waals surface area contributed by atoms with Crippen molar-refractivity contribution in [2.24, 2.45) is 0 Å². The van der Waals surface area contributed by atoms with Gasteiger partial charge in [0.1, 0.15) is 11.3 Å². The van der Waals surface area contributed by atoms with E-state index in [-0.39, 0.29) is 10.7 Å². The predicted octanol–water partition coefficient (Wildman–Crippen LogP) is 5.88. The molecule has 3 aromatic rings. The number of carbonyl (C=O) groups excluding carboxylic acids is 2. The second-order valence-electron chi connectivity index (χ2n) is 7.33. The van der Waals surface area contributed by atoms with Crippen LogP contribution in [0.5, 0.6) is 5.75 Å². The van der Waals surface area contributed by atoms with Gasteiger partial charge < -0.3 is 4.74 Å². The van der Waals surface area contributed by atoms with E-state index in [0.717, 1.165) is 6.42 Å². The number of anilines is 2. The highest BCUT2D eigenvalue weighted by Crippen LogP contribution is 2.31. The first kappa shape index (κ1) is 22.7. The van der Waals surface area contributed by atoms with Gasteiger partial charge in [0.15, 0.2) is 5.11 Å². The highest BCUT2D eigenvalue weighted by atomic mass is 35.5. The molecule has 5 nitrogen and oxygen atoms in total. The molecule has 0 saturated carbocycles. The summed E-state index contributed by atoms with van der Waals surface area (Å²) >= 11 is 12.0. The zero-order chi connectivity index (χ0) is 23.4. The van der Waals surface area contributed by atoms with Gasteiger partial charge in [-0.3, -0.25) is 19.4 Å². The Morgan fingerprint density at radius 2 is 1.42 bits per heavy atom. The van der Waals surface area contributed by atoms with Crippen molar-refractivity contribution in [2.45, 2.75) is 13.3 Å². The van der Waals surface area contributed by atoms with Crippen LogP contribution in [0.4, 0.5) is 11.4 Å². The van der Waals surface area contributed by atoms with E-state index in [1.54, 1.807) is 42.5 Å². The fourth-order valence-corrected chi connectivity index (χ4v) is 4.06. The molecule has 0 aromatic heterocycles. The molecule has 33 heavy (non-hydrogen) atoms. The van der Waals surface area contributed by atoms with Crippen LogP contribution in [-0.2, 0) is 9.59 Å². The lowest BCUT2D eigenvalue weighted by Crippen LogP contribution is -2.56. The number of rotatable bonds is 6. The van der Waals surface area contributed by atoms with Crippen LogP contribution in [0, 0.1) is 0 Å². The van der Waals surface area contributed by atoms with E-state index in [1.165, 1.54) is 15.9 Å². The third-order valence-corrected chi connectivity index (χ3v) is 5.67. The molecular weight excluding hydrogens is 456 g/mol. The molecule has 4 rings (SSSR count). The first-order valence-electron chi connectivity index (χ1n) is 10.5. The molecule has 7 heteroatoms. The van der Waals surface area contributed by atoms with E-state index >= 15 is 0 Å². The molecule has 0 unspecified atom stereocenters. The number of amides is 2. The number of benzene rings is 3. The first-order valence-corrected chi connectivity index (χ1v) is 11.3. The van der Waals surface area contributed by atoms with Crippen LogP contribution in [0.1, 0.15) is 18.9 Å². The van der Waals surface area contributed by atoms with Crippen LogP contribution in [0.3, 0.4) is 0 Å². The van der Waals surface area contributed by atoms with Crippen molar-refractivity contribution in [1.29, 1.82) is 0 Å². The Kier molecular flexibility index (Phi) is 6.87. The van der Waals surface area contributed by atoms with Gasteiger partial charge in [-0.15, -0.1) is 0 Å². The lowest BCUT2D eigenvalue weighted by atomic mass is 10.0. The van der Waals surface area contributed by atoms with E-state index < -0.39 is 11.8 Å². The van der Waals surface area contributed by atoms with Gasteiger partial charge in [-0.1, -0.05) is 61.0 Å². The molecule has 1 saturated heterocycles. The van der Waals surface area contributed by atoms with Crippen molar-refractivity contribution < 1.29 is 14.3 Å². The van der Waals surface area contributed by atoms with Crippen LogP contribution >= 0.6 is 23.8 Å². The van der Waals surface area contributed by atoms with Gasteiger partial charge in [-0.25, -0.2) is 0 Å². The predicted molar refractivity (Wildman–Crippen MR) is 136 cm³/mol. The van der Waals surface area contributed by atoms with E-state index in [1.807, 2.05) is 43.3 Å². The Morgan fingerprint density at radius 3 is 1.91 bits per heavy atom. The highest BCUT2D eigenvalue weighted by molar-refractivity contribution is 7.81. The molecule has 3 aromatic carbocycles. The normalized spacial score (nSPS) is 14.0. The average Bonchev–Trinajstić information content (AvgIpc) is 2.83. The van der Waals surface area contributed by atoms with Gasteiger partial charge in [0, 0.05) is 0 Å².